The predicted molar refractivity (Wildman–Crippen MR) is 47.1 cm³/mol. The van der Waals surface area contributed by atoms with E-state index in [4.69, 9.17) is 10.5 Å². The Hall–Kier alpha value is -2.46. The van der Waals surface area contributed by atoms with Gasteiger partial charge in [-0.2, -0.15) is 5.26 Å². The molecule has 1 amide bonds. The molecular formula is C8H5N3O4. The van der Waals surface area contributed by atoms with Gasteiger partial charge in [-0.1, -0.05) is 6.07 Å². The largest absolute Gasteiger partial charge is 0.288 e. The Balaban J connectivity index is 3.43. The molecule has 0 fully saturated rings. The minimum atomic E-state index is -0.963. The van der Waals surface area contributed by atoms with Gasteiger partial charge in [-0.15, -0.1) is 0 Å². The molecule has 0 unspecified atom stereocenters. The van der Waals surface area contributed by atoms with E-state index in [0.29, 0.717) is 0 Å². The molecule has 0 heterocycles. The average Bonchev–Trinajstić information content (AvgIpc) is 2.26. The summed E-state index contributed by atoms with van der Waals surface area (Å²) in [6.45, 7) is 0. The Bertz CT molecular complexity index is 463. The van der Waals surface area contributed by atoms with E-state index < -0.39 is 16.5 Å². The number of benzene rings is 1. The van der Waals surface area contributed by atoms with Crippen molar-refractivity contribution < 1.29 is 14.9 Å². The first-order valence-corrected chi connectivity index (χ1v) is 3.73. The van der Waals surface area contributed by atoms with Crippen LogP contribution in [0.3, 0.4) is 0 Å². The first-order valence-electron chi connectivity index (χ1n) is 3.73. The molecule has 1 aromatic carbocycles. The van der Waals surface area contributed by atoms with Crippen LogP contribution >= 0.6 is 0 Å². The fourth-order valence-electron chi connectivity index (χ4n) is 1.06. The van der Waals surface area contributed by atoms with Crippen molar-refractivity contribution >= 4 is 11.6 Å². The standard InChI is InChI=1S/C8H5N3O4/c9-4-6-5(8(12)10-13)2-1-3-7(6)11(14)15/h1-3,13H,(H,10,12). The third kappa shape index (κ3) is 1.90. The van der Waals surface area contributed by atoms with E-state index in [2.05, 4.69) is 0 Å². The summed E-state index contributed by atoms with van der Waals surface area (Å²) in [7, 11) is 0. The average molecular weight is 207 g/mol. The Labute approximate surface area is 83.7 Å². The molecule has 0 radical (unpaired) electrons. The van der Waals surface area contributed by atoms with Gasteiger partial charge in [-0.05, 0) is 6.07 Å². The van der Waals surface area contributed by atoms with E-state index in [-0.39, 0.29) is 11.1 Å². The molecule has 15 heavy (non-hydrogen) atoms. The van der Waals surface area contributed by atoms with Crippen LogP contribution in [0, 0.1) is 21.4 Å². The van der Waals surface area contributed by atoms with Gasteiger partial charge in [0.25, 0.3) is 11.6 Å². The van der Waals surface area contributed by atoms with Crippen molar-refractivity contribution in [1.82, 2.24) is 5.48 Å². The van der Waals surface area contributed by atoms with Crippen molar-refractivity contribution in [3.63, 3.8) is 0 Å². The van der Waals surface area contributed by atoms with Crippen LogP contribution in [-0.4, -0.2) is 16.0 Å². The maximum absolute atomic E-state index is 11.0. The fraction of sp³-hybridized carbons (Fsp3) is 0. The van der Waals surface area contributed by atoms with E-state index >= 15 is 0 Å². The number of carbonyl (C=O) groups excluding carboxylic acids is 1. The lowest BCUT2D eigenvalue weighted by Gasteiger charge is -2.01. The van der Waals surface area contributed by atoms with Gasteiger partial charge in [0.1, 0.15) is 11.6 Å². The minimum absolute atomic E-state index is 0.241. The second kappa shape index (κ2) is 4.17. The summed E-state index contributed by atoms with van der Waals surface area (Å²) in [6.07, 6.45) is 0. The van der Waals surface area contributed by atoms with Gasteiger partial charge >= 0.3 is 0 Å². The monoisotopic (exact) mass is 207 g/mol. The molecule has 0 bridgehead atoms. The molecule has 1 aromatic rings. The normalized spacial score (nSPS) is 9.07. The number of amides is 1. The number of hydroxylamine groups is 1. The maximum atomic E-state index is 11.0. The third-order valence-corrected chi connectivity index (χ3v) is 1.70. The predicted octanol–water partition coefficient (Wildman–Crippen LogP) is 0.585. The van der Waals surface area contributed by atoms with E-state index in [1.54, 1.807) is 6.07 Å². The van der Waals surface area contributed by atoms with E-state index in [1.165, 1.54) is 17.6 Å². The SMILES string of the molecule is N#Cc1c(C(=O)NO)cccc1[N+](=O)[O-]. The number of hydrogen-bond donors (Lipinski definition) is 2. The van der Waals surface area contributed by atoms with Crippen LogP contribution in [0.15, 0.2) is 18.2 Å². The molecule has 0 aliphatic carbocycles. The number of carbonyl (C=O) groups is 1. The lowest BCUT2D eigenvalue weighted by molar-refractivity contribution is -0.385. The number of hydrogen-bond acceptors (Lipinski definition) is 5. The lowest BCUT2D eigenvalue weighted by Crippen LogP contribution is -2.20. The summed E-state index contributed by atoms with van der Waals surface area (Å²) in [4.78, 5) is 20.8. The first-order chi connectivity index (χ1) is 7.11. The maximum Gasteiger partial charge on any atom is 0.287 e. The Morgan fingerprint density at radius 1 is 1.60 bits per heavy atom. The minimum Gasteiger partial charge on any atom is -0.288 e. The molecule has 0 aliphatic heterocycles. The highest BCUT2D eigenvalue weighted by Crippen LogP contribution is 2.20. The topological polar surface area (TPSA) is 116 Å². The Morgan fingerprint density at radius 3 is 2.73 bits per heavy atom. The van der Waals surface area contributed by atoms with Gasteiger partial charge in [0.2, 0.25) is 0 Å². The van der Waals surface area contributed by atoms with Crippen LogP contribution in [0.2, 0.25) is 0 Å². The third-order valence-electron chi connectivity index (χ3n) is 1.70. The van der Waals surface area contributed by atoms with Gasteiger partial charge in [-0.25, -0.2) is 5.48 Å². The molecule has 1 rings (SSSR count). The van der Waals surface area contributed by atoms with Gasteiger partial charge < -0.3 is 0 Å². The number of nitriles is 1. The second-order valence-corrected chi connectivity index (χ2v) is 2.51. The zero-order valence-corrected chi connectivity index (χ0v) is 7.30. The van der Waals surface area contributed by atoms with E-state index in [1.807, 2.05) is 0 Å². The second-order valence-electron chi connectivity index (χ2n) is 2.51. The highest BCUT2D eigenvalue weighted by atomic mass is 16.6. The van der Waals surface area contributed by atoms with Gasteiger partial charge in [0.05, 0.1) is 10.5 Å². The van der Waals surface area contributed by atoms with Crippen LogP contribution in [0.25, 0.3) is 0 Å². The van der Waals surface area contributed by atoms with Crippen molar-refractivity contribution in [2.75, 3.05) is 0 Å². The van der Waals surface area contributed by atoms with Crippen molar-refractivity contribution in [1.29, 1.82) is 5.26 Å². The molecule has 0 aliphatic rings. The van der Waals surface area contributed by atoms with Crippen molar-refractivity contribution in [3.05, 3.63) is 39.4 Å². The van der Waals surface area contributed by atoms with Gasteiger partial charge in [0, 0.05) is 6.07 Å². The lowest BCUT2D eigenvalue weighted by atomic mass is 10.1. The molecule has 76 valence electrons. The van der Waals surface area contributed by atoms with Gasteiger partial charge in [-0.3, -0.25) is 20.1 Å². The number of nitro groups is 1. The molecule has 7 nitrogen and oxygen atoms in total. The molecule has 0 aromatic heterocycles. The summed E-state index contributed by atoms with van der Waals surface area (Å²) in [5.74, 6) is -0.963. The van der Waals surface area contributed by atoms with E-state index in [0.717, 1.165) is 6.07 Å². The summed E-state index contributed by atoms with van der Waals surface area (Å²) < 4.78 is 0. The molecule has 7 heteroatoms. The number of nitrogens with zero attached hydrogens (tertiary/aromatic N) is 2. The molecule has 2 N–H and O–H groups in total. The number of nitrogens with one attached hydrogen (secondary N) is 1. The van der Waals surface area contributed by atoms with Crippen LogP contribution in [0.1, 0.15) is 15.9 Å². The first kappa shape index (κ1) is 10.6. The molecule has 0 saturated heterocycles. The van der Waals surface area contributed by atoms with E-state index in [9.17, 15) is 14.9 Å². The quantitative estimate of drug-likeness (QED) is 0.418. The van der Waals surface area contributed by atoms with Crippen LogP contribution in [0.5, 0.6) is 0 Å². The summed E-state index contributed by atoms with van der Waals surface area (Å²) in [5, 5.41) is 27.5. The zero-order chi connectivity index (χ0) is 11.4. The van der Waals surface area contributed by atoms with Crippen LogP contribution in [-0.2, 0) is 0 Å². The highest BCUT2D eigenvalue weighted by Gasteiger charge is 2.20. The van der Waals surface area contributed by atoms with Crippen molar-refractivity contribution in [3.8, 4) is 6.07 Å². The van der Waals surface area contributed by atoms with Crippen molar-refractivity contribution in [2.45, 2.75) is 0 Å². The summed E-state index contributed by atoms with van der Waals surface area (Å²) in [5.41, 5.74) is 0.214. The van der Waals surface area contributed by atoms with Crippen LogP contribution in [0.4, 0.5) is 5.69 Å². The molecular weight excluding hydrogens is 202 g/mol. The molecule has 0 atom stereocenters. The van der Waals surface area contributed by atoms with Crippen molar-refractivity contribution in [2.24, 2.45) is 0 Å². The number of nitro benzene ring substituents is 1. The fourth-order valence-corrected chi connectivity index (χ4v) is 1.06. The molecule has 0 saturated carbocycles. The Morgan fingerprint density at radius 2 is 2.27 bits per heavy atom. The summed E-state index contributed by atoms with van der Waals surface area (Å²) in [6, 6.07) is 5.11. The number of rotatable bonds is 2. The summed E-state index contributed by atoms with van der Waals surface area (Å²) >= 11 is 0. The molecule has 0 spiro atoms. The highest BCUT2D eigenvalue weighted by molar-refractivity contribution is 5.97. The van der Waals surface area contributed by atoms with Gasteiger partial charge in [0.15, 0.2) is 0 Å². The zero-order valence-electron chi connectivity index (χ0n) is 7.30. The smallest absolute Gasteiger partial charge is 0.287 e. The van der Waals surface area contributed by atoms with Crippen LogP contribution < -0.4 is 5.48 Å². The Kier molecular flexibility index (Phi) is 2.95.